The fraction of sp³-hybridized carbons (Fsp3) is 0.0909. The Labute approximate surface area is 110 Å². The molecule has 0 amide bonds. The summed E-state index contributed by atoms with van der Waals surface area (Å²) in [5, 5.41) is 0. The van der Waals surface area contributed by atoms with Crippen LogP contribution in [0.4, 0.5) is 0 Å². The van der Waals surface area contributed by atoms with Gasteiger partial charge in [0.15, 0.2) is 0 Å². The summed E-state index contributed by atoms with van der Waals surface area (Å²) < 4.78 is 7.36. The molecule has 0 aliphatic carbocycles. The van der Waals surface area contributed by atoms with Gasteiger partial charge in [-0.05, 0) is 40.5 Å². The van der Waals surface area contributed by atoms with E-state index in [1.807, 2.05) is 25.1 Å². The van der Waals surface area contributed by atoms with E-state index >= 15 is 0 Å². The van der Waals surface area contributed by atoms with Crippen LogP contribution in [0.3, 0.4) is 0 Å². The first-order valence-electron chi connectivity index (χ1n) is 4.57. The van der Waals surface area contributed by atoms with Gasteiger partial charge in [-0.1, -0.05) is 22.0 Å². The van der Waals surface area contributed by atoms with Crippen LogP contribution in [0.2, 0.25) is 0 Å². The van der Waals surface area contributed by atoms with E-state index in [1.54, 1.807) is 12.4 Å². The molecule has 2 aromatic rings. The molecule has 0 aliphatic heterocycles. The van der Waals surface area contributed by atoms with Crippen molar-refractivity contribution >= 4 is 31.9 Å². The molecule has 0 radical (unpaired) electrons. The smallest absolute Gasteiger partial charge is 0.321 e. The lowest BCUT2D eigenvalue weighted by atomic mass is 10.2. The zero-order valence-electron chi connectivity index (χ0n) is 8.45. The highest BCUT2D eigenvalue weighted by Crippen LogP contribution is 2.26. The summed E-state index contributed by atoms with van der Waals surface area (Å²) in [5.74, 6) is 0.747. The molecule has 5 heteroatoms. The lowest BCUT2D eigenvalue weighted by Crippen LogP contribution is -1.92. The van der Waals surface area contributed by atoms with E-state index in [0.717, 1.165) is 20.3 Å². The Kier molecular flexibility index (Phi) is 3.56. The van der Waals surface area contributed by atoms with Crippen molar-refractivity contribution in [2.75, 3.05) is 0 Å². The second kappa shape index (κ2) is 4.93. The van der Waals surface area contributed by atoms with E-state index in [1.165, 1.54) is 0 Å². The van der Waals surface area contributed by atoms with E-state index in [0.29, 0.717) is 6.01 Å². The number of aromatic nitrogens is 2. The van der Waals surface area contributed by atoms with Crippen molar-refractivity contribution in [1.29, 1.82) is 0 Å². The van der Waals surface area contributed by atoms with Gasteiger partial charge in [0, 0.05) is 16.9 Å². The fourth-order valence-electron chi connectivity index (χ4n) is 1.14. The third-order valence-corrected chi connectivity index (χ3v) is 2.85. The van der Waals surface area contributed by atoms with Gasteiger partial charge in [-0.25, -0.2) is 9.97 Å². The molecule has 1 heterocycles. The highest BCUT2D eigenvalue weighted by molar-refractivity contribution is 9.10. The standard InChI is InChI=1S/C11H8Br2N2O/c1-7-2-3-8(12)4-10(7)16-11-14-5-9(13)6-15-11/h2-6H,1H3. The number of ether oxygens (including phenoxy) is 1. The average Bonchev–Trinajstić information content (AvgIpc) is 2.27. The Bertz CT molecular complexity index is 500. The van der Waals surface area contributed by atoms with Gasteiger partial charge in [-0.15, -0.1) is 0 Å². The minimum absolute atomic E-state index is 0.337. The molecule has 0 fully saturated rings. The van der Waals surface area contributed by atoms with Crippen LogP contribution in [-0.4, -0.2) is 9.97 Å². The van der Waals surface area contributed by atoms with Crippen LogP contribution in [0.25, 0.3) is 0 Å². The monoisotopic (exact) mass is 342 g/mol. The summed E-state index contributed by atoms with van der Waals surface area (Å²) in [6.07, 6.45) is 3.30. The summed E-state index contributed by atoms with van der Waals surface area (Å²) >= 11 is 6.66. The second-order valence-corrected chi connectivity index (χ2v) is 5.03. The van der Waals surface area contributed by atoms with Crippen molar-refractivity contribution < 1.29 is 4.74 Å². The lowest BCUT2D eigenvalue weighted by molar-refractivity contribution is 0.438. The molecule has 0 N–H and O–H groups in total. The van der Waals surface area contributed by atoms with Crippen LogP contribution in [0, 0.1) is 6.92 Å². The fourth-order valence-corrected chi connectivity index (χ4v) is 1.68. The molecule has 1 aromatic carbocycles. The van der Waals surface area contributed by atoms with Gasteiger partial charge < -0.3 is 4.74 Å². The molecular formula is C11H8Br2N2O. The van der Waals surface area contributed by atoms with E-state index in [4.69, 9.17) is 4.74 Å². The normalized spacial score (nSPS) is 10.2. The zero-order valence-corrected chi connectivity index (χ0v) is 11.6. The van der Waals surface area contributed by atoms with E-state index in [-0.39, 0.29) is 0 Å². The SMILES string of the molecule is Cc1ccc(Br)cc1Oc1ncc(Br)cn1. The highest BCUT2D eigenvalue weighted by atomic mass is 79.9. The number of rotatable bonds is 2. The van der Waals surface area contributed by atoms with Gasteiger partial charge in [0.1, 0.15) is 5.75 Å². The quantitative estimate of drug-likeness (QED) is 0.823. The largest absolute Gasteiger partial charge is 0.424 e. The van der Waals surface area contributed by atoms with Gasteiger partial charge in [0.25, 0.3) is 0 Å². The number of halogens is 2. The van der Waals surface area contributed by atoms with Crippen LogP contribution >= 0.6 is 31.9 Å². The topological polar surface area (TPSA) is 35.0 Å². The molecule has 0 atom stereocenters. The Morgan fingerprint density at radius 3 is 2.44 bits per heavy atom. The van der Waals surface area contributed by atoms with Crippen molar-refractivity contribution in [1.82, 2.24) is 9.97 Å². The van der Waals surface area contributed by atoms with Crippen LogP contribution < -0.4 is 4.74 Å². The number of hydrogen-bond donors (Lipinski definition) is 0. The summed E-state index contributed by atoms with van der Waals surface area (Å²) in [4.78, 5) is 8.10. The number of nitrogens with zero attached hydrogens (tertiary/aromatic N) is 2. The molecule has 82 valence electrons. The minimum Gasteiger partial charge on any atom is -0.424 e. The summed E-state index contributed by atoms with van der Waals surface area (Å²) in [6, 6.07) is 6.16. The van der Waals surface area contributed by atoms with Crippen LogP contribution in [-0.2, 0) is 0 Å². The van der Waals surface area contributed by atoms with Gasteiger partial charge in [0.05, 0.1) is 4.47 Å². The minimum atomic E-state index is 0.337. The summed E-state index contributed by atoms with van der Waals surface area (Å²) in [7, 11) is 0. The van der Waals surface area contributed by atoms with Crippen molar-refractivity contribution in [2.45, 2.75) is 6.92 Å². The lowest BCUT2D eigenvalue weighted by Gasteiger charge is -2.06. The molecule has 0 aliphatic rings. The third kappa shape index (κ3) is 2.80. The molecule has 0 saturated heterocycles. The maximum atomic E-state index is 5.57. The Balaban J connectivity index is 2.26. The van der Waals surface area contributed by atoms with Gasteiger partial charge >= 0.3 is 6.01 Å². The maximum absolute atomic E-state index is 5.57. The predicted molar refractivity (Wildman–Crippen MR) is 68.7 cm³/mol. The zero-order chi connectivity index (χ0) is 11.5. The molecular weight excluding hydrogens is 336 g/mol. The molecule has 3 nitrogen and oxygen atoms in total. The second-order valence-electron chi connectivity index (χ2n) is 3.20. The van der Waals surface area contributed by atoms with Crippen molar-refractivity contribution in [3.05, 3.63) is 45.1 Å². The van der Waals surface area contributed by atoms with E-state index in [9.17, 15) is 0 Å². The Morgan fingerprint density at radius 2 is 1.75 bits per heavy atom. The van der Waals surface area contributed by atoms with Crippen molar-refractivity contribution in [2.24, 2.45) is 0 Å². The maximum Gasteiger partial charge on any atom is 0.321 e. The number of aryl methyl sites for hydroxylation is 1. The van der Waals surface area contributed by atoms with Gasteiger partial charge in [-0.2, -0.15) is 0 Å². The Morgan fingerprint density at radius 1 is 1.06 bits per heavy atom. The molecule has 1 aromatic heterocycles. The molecule has 0 spiro atoms. The number of hydrogen-bond acceptors (Lipinski definition) is 3. The highest BCUT2D eigenvalue weighted by Gasteiger charge is 2.04. The molecule has 0 unspecified atom stereocenters. The first kappa shape index (κ1) is 11.5. The van der Waals surface area contributed by atoms with E-state index < -0.39 is 0 Å². The first-order valence-corrected chi connectivity index (χ1v) is 6.15. The van der Waals surface area contributed by atoms with Gasteiger partial charge in [-0.3, -0.25) is 0 Å². The third-order valence-electron chi connectivity index (χ3n) is 1.95. The first-order chi connectivity index (χ1) is 7.65. The van der Waals surface area contributed by atoms with Crippen molar-refractivity contribution in [3.63, 3.8) is 0 Å². The molecule has 2 rings (SSSR count). The van der Waals surface area contributed by atoms with Crippen molar-refractivity contribution in [3.8, 4) is 11.8 Å². The number of benzene rings is 1. The molecule has 0 saturated carbocycles. The van der Waals surface area contributed by atoms with Crippen LogP contribution in [0.15, 0.2) is 39.5 Å². The predicted octanol–water partition coefficient (Wildman–Crippen LogP) is 4.10. The van der Waals surface area contributed by atoms with Crippen LogP contribution in [0.5, 0.6) is 11.8 Å². The average molecular weight is 344 g/mol. The van der Waals surface area contributed by atoms with Gasteiger partial charge in [0.2, 0.25) is 0 Å². The molecule has 16 heavy (non-hydrogen) atoms. The van der Waals surface area contributed by atoms with E-state index in [2.05, 4.69) is 41.8 Å². The summed E-state index contributed by atoms with van der Waals surface area (Å²) in [5.41, 5.74) is 1.04. The van der Waals surface area contributed by atoms with Crippen LogP contribution in [0.1, 0.15) is 5.56 Å². The molecule has 0 bridgehead atoms. The Hall–Kier alpha value is -0.940. The summed E-state index contributed by atoms with van der Waals surface area (Å²) in [6.45, 7) is 1.97.